The Bertz CT molecular complexity index is 1550. The first-order valence-electron chi connectivity index (χ1n) is 11.9. The minimum atomic E-state index is -3.25. The molecule has 2 atom stereocenters. The van der Waals surface area contributed by atoms with Crippen LogP contribution in [-0.2, 0) is 20.9 Å². The van der Waals surface area contributed by atoms with E-state index in [1.165, 1.54) is 18.1 Å². The van der Waals surface area contributed by atoms with Crippen molar-refractivity contribution in [3.63, 3.8) is 0 Å². The second-order valence-electron chi connectivity index (χ2n) is 8.83. The highest BCUT2D eigenvalue weighted by atomic mass is 35.5. The Hall–Kier alpha value is -3.24. The number of aryl methyl sites for hydroxylation is 1. The molecule has 0 aliphatic carbocycles. The van der Waals surface area contributed by atoms with Gasteiger partial charge in [0.1, 0.15) is 16.9 Å². The van der Waals surface area contributed by atoms with Crippen LogP contribution in [0.2, 0.25) is 5.02 Å². The molecule has 2 N–H and O–H groups in total. The van der Waals surface area contributed by atoms with Crippen molar-refractivity contribution in [2.75, 3.05) is 6.54 Å². The maximum absolute atomic E-state index is 14.9. The minimum Gasteiger partial charge on any atom is -0.351 e. The number of aromatic nitrogens is 1. The molecule has 1 aromatic heterocycles. The normalized spacial score (nSPS) is 13.4. The third kappa shape index (κ3) is 7.45. The number of nitrogens with zero attached hydrogens (tertiary/aromatic N) is 1. The molecule has 10 heteroatoms. The van der Waals surface area contributed by atoms with E-state index in [1.807, 2.05) is 31.2 Å². The lowest BCUT2D eigenvalue weighted by Crippen LogP contribution is -2.30. The molecule has 0 aliphatic rings. The van der Waals surface area contributed by atoms with Gasteiger partial charge in [-0.3, -0.25) is 18.7 Å². The number of carbonyl (C=O) groups excluding carboxylic acids is 1. The molecule has 2 unspecified atom stereocenters. The van der Waals surface area contributed by atoms with Gasteiger partial charge in [-0.05, 0) is 91.0 Å². The molecule has 0 saturated heterocycles. The van der Waals surface area contributed by atoms with Gasteiger partial charge >= 0.3 is 0 Å². The van der Waals surface area contributed by atoms with Crippen LogP contribution in [0.15, 0.2) is 94.9 Å². The number of hydrogen-bond acceptors (Lipinski definition) is 5. The van der Waals surface area contributed by atoms with Crippen LogP contribution in [0.5, 0.6) is 0 Å². The number of amides is 1. The summed E-state index contributed by atoms with van der Waals surface area (Å²) < 4.78 is 46.1. The van der Waals surface area contributed by atoms with Gasteiger partial charge in [0.2, 0.25) is 5.91 Å². The van der Waals surface area contributed by atoms with Crippen molar-refractivity contribution in [2.24, 2.45) is 0 Å². The van der Waals surface area contributed by atoms with E-state index in [-0.39, 0.29) is 30.3 Å². The number of halogens is 3. The fourth-order valence-electron chi connectivity index (χ4n) is 3.83. The van der Waals surface area contributed by atoms with Crippen molar-refractivity contribution in [2.45, 2.75) is 28.5 Å². The maximum Gasteiger partial charge on any atom is 0.235 e. The minimum absolute atomic E-state index is 0.107. The van der Waals surface area contributed by atoms with Gasteiger partial charge in [0, 0.05) is 42.6 Å². The second-order valence-corrected chi connectivity index (χ2v) is 12.6. The number of pyridine rings is 1. The maximum atomic E-state index is 14.9. The lowest BCUT2D eigenvalue weighted by molar-refractivity contribution is -0.120. The molecule has 202 valence electrons. The number of rotatable bonds is 10. The van der Waals surface area contributed by atoms with E-state index >= 15 is 0 Å². The highest BCUT2D eigenvalue weighted by Gasteiger charge is 2.30. The molecule has 0 radical (unpaired) electrons. The van der Waals surface area contributed by atoms with Crippen LogP contribution < -0.4 is 10.0 Å². The number of benzene rings is 3. The summed E-state index contributed by atoms with van der Waals surface area (Å²) in [7, 11) is -3.25. The highest BCUT2D eigenvalue weighted by molar-refractivity contribution is 8.00. The summed E-state index contributed by atoms with van der Waals surface area (Å²) in [5, 5.41) is 2.08. The zero-order valence-electron chi connectivity index (χ0n) is 21.0. The molecule has 39 heavy (non-hydrogen) atoms. The predicted molar refractivity (Wildman–Crippen MR) is 154 cm³/mol. The first-order chi connectivity index (χ1) is 18.6. The smallest absolute Gasteiger partial charge is 0.235 e. The highest BCUT2D eigenvalue weighted by Crippen LogP contribution is 2.36. The molecule has 0 aliphatic heterocycles. The van der Waals surface area contributed by atoms with Crippen molar-refractivity contribution >= 4 is 44.8 Å². The summed E-state index contributed by atoms with van der Waals surface area (Å²) in [4.78, 5) is 18.0. The molecule has 1 amide bonds. The fraction of sp³-hybridized carbons (Fsp3) is 0.138. The van der Waals surface area contributed by atoms with Crippen LogP contribution in [0, 0.1) is 18.6 Å². The molecule has 4 aromatic rings. The standard InChI is InChI=1S/C29H26ClF2N3O2S2/c1-19-3-9-23(10-4-19)38-35-18-28(36)34-17-20-5-14-27(33-16-20)29(25-15-22(31)8-13-26(25)32)39(2,37)24-11-6-21(30)7-12-24/h3-16,29,35H,2,17-18H2,1H3,(H,34,36). The molecular weight excluding hydrogens is 560 g/mol. The summed E-state index contributed by atoms with van der Waals surface area (Å²) in [5.74, 6) is 2.32. The zero-order valence-corrected chi connectivity index (χ0v) is 23.4. The summed E-state index contributed by atoms with van der Waals surface area (Å²) in [6.45, 7) is 2.32. The van der Waals surface area contributed by atoms with Crippen LogP contribution >= 0.6 is 23.5 Å². The molecule has 4 rings (SSSR count). The van der Waals surface area contributed by atoms with E-state index in [0.29, 0.717) is 15.5 Å². The number of carbonyl (C=O) groups is 1. The Balaban J connectivity index is 1.48. The molecule has 0 fully saturated rings. The SMILES string of the molecule is C=S(=O)(c1ccc(Cl)cc1)C(c1ccc(CNC(=O)CNSc2ccc(C)cc2)cn1)c1cc(F)ccc1F. The van der Waals surface area contributed by atoms with E-state index in [9.17, 15) is 17.8 Å². The van der Waals surface area contributed by atoms with Crippen LogP contribution in [0.1, 0.15) is 27.6 Å². The van der Waals surface area contributed by atoms with Crippen LogP contribution in [0.3, 0.4) is 0 Å². The average Bonchev–Trinajstić information content (AvgIpc) is 2.91. The molecule has 0 saturated carbocycles. The lowest BCUT2D eigenvalue weighted by Gasteiger charge is -2.23. The number of hydrogen-bond donors (Lipinski definition) is 2. The second kappa shape index (κ2) is 12.7. The molecule has 5 nitrogen and oxygen atoms in total. The zero-order chi connectivity index (χ0) is 28.0. The molecule has 1 heterocycles. The van der Waals surface area contributed by atoms with Crippen molar-refractivity contribution < 1.29 is 17.8 Å². The van der Waals surface area contributed by atoms with E-state index in [1.54, 1.807) is 36.4 Å². The van der Waals surface area contributed by atoms with Gasteiger partial charge in [0.25, 0.3) is 0 Å². The molecule has 0 spiro atoms. The van der Waals surface area contributed by atoms with Crippen molar-refractivity contribution in [1.82, 2.24) is 15.0 Å². The largest absolute Gasteiger partial charge is 0.351 e. The van der Waals surface area contributed by atoms with E-state index in [0.717, 1.165) is 28.7 Å². The van der Waals surface area contributed by atoms with Crippen molar-refractivity contribution in [3.05, 3.63) is 124 Å². The Morgan fingerprint density at radius 3 is 2.44 bits per heavy atom. The predicted octanol–water partition coefficient (Wildman–Crippen LogP) is 6.10. The van der Waals surface area contributed by atoms with Crippen molar-refractivity contribution in [1.29, 1.82) is 0 Å². The van der Waals surface area contributed by atoms with E-state index in [4.69, 9.17) is 11.6 Å². The van der Waals surface area contributed by atoms with Crippen LogP contribution in [0.25, 0.3) is 0 Å². The average molecular weight is 586 g/mol. The topological polar surface area (TPSA) is 71.1 Å². The van der Waals surface area contributed by atoms with Gasteiger partial charge in [0.05, 0.1) is 12.2 Å². The fourth-order valence-corrected chi connectivity index (χ4v) is 6.58. The summed E-state index contributed by atoms with van der Waals surface area (Å²) >= 11 is 7.35. The van der Waals surface area contributed by atoms with Gasteiger partial charge in [0.15, 0.2) is 0 Å². The van der Waals surface area contributed by atoms with Gasteiger partial charge in [-0.15, -0.1) is 0 Å². The third-order valence-electron chi connectivity index (χ3n) is 5.88. The number of nitrogens with one attached hydrogen (secondary N) is 2. The third-order valence-corrected chi connectivity index (χ3v) is 9.26. The Kier molecular flexibility index (Phi) is 9.40. The molecule has 3 aromatic carbocycles. The van der Waals surface area contributed by atoms with Crippen LogP contribution in [-0.4, -0.2) is 27.5 Å². The first kappa shape index (κ1) is 28.8. The summed E-state index contributed by atoms with van der Waals surface area (Å²) in [5.41, 5.74) is 1.97. The molecule has 0 bridgehead atoms. The van der Waals surface area contributed by atoms with Crippen molar-refractivity contribution in [3.8, 4) is 0 Å². The Morgan fingerprint density at radius 1 is 1.05 bits per heavy atom. The van der Waals surface area contributed by atoms with Gasteiger partial charge in [-0.2, -0.15) is 0 Å². The van der Waals surface area contributed by atoms with Gasteiger partial charge in [-0.25, -0.2) is 8.78 Å². The monoisotopic (exact) mass is 585 g/mol. The summed E-state index contributed by atoms with van der Waals surface area (Å²) in [6, 6.07) is 20.4. The van der Waals surface area contributed by atoms with Crippen LogP contribution in [0.4, 0.5) is 8.78 Å². The Labute approximate surface area is 236 Å². The Morgan fingerprint density at radius 2 is 1.77 bits per heavy atom. The molecular formula is C29H26ClF2N3O2S2. The van der Waals surface area contributed by atoms with E-state index in [2.05, 4.69) is 20.9 Å². The van der Waals surface area contributed by atoms with E-state index < -0.39 is 26.4 Å². The lowest BCUT2D eigenvalue weighted by atomic mass is 10.1. The quantitative estimate of drug-likeness (QED) is 0.174. The van der Waals surface area contributed by atoms with Gasteiger partial charge in [-0.1, -0.05) is 35.4 Å². The first-order valence-corrected chi connectivity index (χ1v) is 14.9. The van der Waals surface area contributed by atoms with Gasteiger partial charge < -0.3 is 5.32 Å². The summed E-state index contributed by atoms with van der Waals surface area (Å²) in [6.07, 6.45) is 1.51.